The van der Waals surface area contributed by atoms with E-state index in [0.29, 0.717) is 19.1 Å². The second-order valence-corrected chi connectivity index (χ2v) is 10.8. The minimum Gasteiger partial charge on any atom is -0.491 e. The monoisotopic (exact) mass is 448 g/mol. The lowest BCUT2D eigenvalue weighted by atomic mass is 9.61. The number of fused-ring (bicyclic) bond motifs is 1. The molecule has 0 aromatic heterocycles. The number of halogens is 2. The quantitative estimate of drug-likeness (QED) is 0.399. The molecule has 2 nitrogen and oxygen atoms in total. The number of ether oxygens (including phenoxy) is 2. The fourth-order valence-corrected chi connectivity index (χ4v) is 7.06. The highest BCUT2D eigenvalue weighted by Gasteiger charge is 2.39. The maximum Gasteiger partial charge on any atom is 0.204 e. The Labute approximate surface area is 193 Å². The van der Waals surface area contributed by atoms with E-state index in [1.54, 1.807) is 6.92 Å². The highest BCUT2D eigenvalue weighted by Crippen LogP contribution is 2.49. The maximum absolute atomic E-state index is 14.3. The van der Waals surface area contributed by atoms with Crippen LogP contribution in [0.15, 0.2) is 12.1 Å². The summed E-state index contributed by atoms with van der Waals surface area (Å²) < 4.78 is 39.3. The molecular formula is C28H42F2O2. The zero-order valence-corrected chi connectivity index (χ0v) is 20.1. The molecule has 32 heavy (non-hydrogen) atoms. The molecule has 0 bridgehead atoms. The molecule has 0 N–H and O–H groups in total. The van der Waals surface area contributed by atoms with E-state index in [-0.39, 0.29) is 11.5 Å². The van der Waals surface area contributed by atoms with E-state index in [1.165, 1.54) is 82.8 Å². The number of hydrogen-bond donors (Lipinski definition) is 0. The van der Waals surface area contributed by atoms with Crippen molar-refractivity contribution in [3.05, 3.63) is 23.8 Å². The van der Waals surface area contributed by atoms with Crippen molar-refractivity contribution in [3.8, 4) is 11.5 Å². The average molecular weight is 449 g/mol. The van der Waals surface area contributed by atoms with Crippen molar-refractivity contribution in [2.45, 2.75) is 90.9 Å². The third-order valence-electron chi connectivity index (χ3n) is 8.80. The maximum atomic E-state index is 14.3. The molecular weight excluding hydrogens is 406 g/mol. The first-order valence-electron chi connectivity index (χ1n) is 13.3. The smallest absolute Gasteiger partial charge is 0.204 e. The summed E-state index contributed by atoms with van der Waals surface area (Å²) in [7, 11) is 0. The summed E-state index contributed by atoms with van der Waals surface area (Å²) in [6.07, 6.45) is 16.4. The van der Waals surface area contributed by atoms with Crippen LogP contribution in [0, 0.1) is 47.1 Å². The molecule has 3 aliphatic carbocycles. The molecule has 4 unspecified atom stereocenters. The molecule has 180 valence electrons. The van der Waals surface area contributed by atoms with Crippen LogP contribution < -0.4 is 9.47 Å². The lowest BCUT2D eigenvalue weighted by Crippen LogP contribution is -2.35. The fourth-order valence-electron chi connectivity index (χ4n) is 7.06. The average Bonchev–Trinajstić information content (AvgIpc) is 2.82. The Morgan fingerprint density at radius 3 is 1.88 bits per heavy atom. The Kier molecular flexibility index (Phi) is 8.34. The normalized spacial score (nSPS) is 32.9. The number of benzene rings is 1. The molecule has 4 heteroatoms. The molecule has 1 aromatic rings. The van der Waals surface area contributed by atoms with Gasteiger partial charge < -0.3 is 9.47 Å². The number of rotatable bonds is 8. The first kappa shape index (κ1) is 23.8. The first-order chi connectivity index (χ1) is 15.6. The van der Waals surface area contributed by atoms with E-state index in [0.717, 1.165) is 36.0 Å². The Balaban J connectivity index is 1.23. The molecule has 0 radical (unpaired) electrons. The van der Waals surface area contributed by atoms with Crippen molar-refractivity contribution < 1.29 is 18.3 Å². The van der Waals surface area contributed by atoms with Gasteiger partial charge in [-0.2, -0.15) is 8.78 Å². The SMILES string of the molecule is CCCC1CCC(C2CCC3CC(COc4ccc(OCC)c(F)c4F)CCC3C2)CC1. The lowest BCUT2D eigenvalue weighted by Gasteiger charge is -2.45. The molecule has 3 aliphatic rings. The summed E-state index contributed by atoms with van der Waals surface area (Å²) in [5.74, 6) is 3.13. The summed E-state index contributed by atoms with van der Waals surface area (Å²) in [4.78, 5) is 0. The van der Waals surface area contributed by atoms with Gasteiger partial charge in [-0.05, 0) is 106 Å². The molecule has 4 rings (SSSR count). The second-order valence-electron chi connectivity index (χ2n) is 10.8. The van der Waals surface area contributed by atoms with Crippen LogP contribution in [0.5, 0.6) is 11.5 Å². The molecule has 3 fully saturated rings. The molecule has 3 saturated carbocycles. The van der Waals surface area contributed by atoms with E-state index in [1.807, 2.05) is 0 Å². The molecule has 0 heterocycles. The van der Waals surface area contributed by atoms with Gasteiger partial charge in [-0.15, -0.1) is 0 Å². The Morgan fingerprint density at radius 2 is 1.22 bits per heavy atom. The van der Waals surface area contributed by atoms with E-state index in [4.69, 9.17) is 9.47 Å². The van der Waals surface area contributed by atoms with Gasteiger partial charge in [-0.1, -0.05) is 32.6 Å². The summed E-state index contributed by atoms with van der Waals surface area (Å²) in [5, 5.41) is 0. The minimum atomic E-state index is -0.949. The van der Waals surface area contributed by atoms with E-state index < -0.39 is 11.6 Å². The predicted octanol–water partition coefficient (Wildman–Crippen LogP) is 8.18. The van der Waals surface area contributed by atoms with Crippen LogP contribution in [0.1, 0.15) is 90.9 Å². The number of hydrogen-bond acceptors (Lipinski definition) is 2. The predicted molar refractivity (Wildman–Crippen MR) is 125 cm³/mol. The van der Waals surface area contributed by atoms with E-state index in [2.05, 4.69) is 6.92 Å². The first-order valence-corrected chi connectivity index (χ1v) is 13.3. The van der Waals surface area contributed by atoms with Gasteiger partial charge in [-0.25, -0.2) is 0 Å². The summed E-state index contributed by atoms with van der Waals surface area (Å²) >= 11 is 0. The van der Waals surface area contributed by atoms with Crippen LogP contribution in [-0.4, -0.2) is 13.2 Å². The van der Waals surface area contributed by atoms with Crippen LogP contribution in [0.3, 0.4) is 0 Å². The van der Waals surface area contributed by atoms with Gasteiger partial charge in [0.2, 0.25) is 11.6 Å². The van der Waals surface area contributed by atoms with Crippen molar-refractivity contribution in [1.82, 2.24) is 0 Å². The van der Waals surface area contributed by atoms with Crippen LogP contribution in [0.25, 0.3) is 0 Å². The molecule has 4 atom stereocenters. The summed E-state index contributed by atoms with van der Waals surface area (Å²) in [6, 6.07) is 2.96. The van der Waals surface area contributed by atoms with Gasteiger partial charge >= 0.3 is 0 Å². The molecule has 0 amide bonds. The topological polar surface area (TPSA) is 18.5 Å². The zero-order chi connectivity index (χ0) is 22.5. The Bertz CT molecular complexity index is 728. The van der Waals surface area contributed by atoms with Crippen LogP contribution >= 0.6 is 0 Å². The molecule has 0 spiro atoms. The van der Waals surface area contributed by atoms with Crippen LogP contribution in [0.4, 0.5) is 8.78 Å². The van der Waals surface area contributed by atoms with Crippen molar-refractivity contribution in [1.29, 1.82) is 0 Å². The molecule has 0 aliphatic heterocycles. The van der Waals surface area contributed by atoms with Crippen molar-refractivity contribution in [3.63, 3.8) is 0 Å². The highest BCUT2D eigenvalue weighted by molar-refractivity contribution is 5.35. The molecule has 0 saturated heterocycles. The van der Waals surface area contributed by atoms with E-state index in [9.17, 15) is 8.78 Å². The third-order valence-corrected chi connectivity index (χ3v) is 8.80. The Hall–Kier alpha value is -1.32. The lowest BCUT2D eigenvalue weighted by molar-refractivity contribution is 0.0478. The van der Waals surface area contributed by atoms with Gasteiger partial charge in [0.05, 0.1) is 13.2 Å². The van der Waals surface area contributed by atoms with Crippen LogP contribution in [0.2, 0.25) is 0 Å². The largest absolute Gasteiger partial charge is 0.491 e. The van der Waals surface area contributed by atoms with Gasteiger partial charge in [-0.3, -0.25) is 0 Å². The van der Waals surface area contributed by atoms with Crippen molar-refractivity contribution in [2.24, 2.45) is 35.5 Å². The van der Waals surface area contributed by atoms with Crippen LogP contribution in [-0.2, 0) is 0 Å². The van der Waals surface area contributed by atoms with Gasteiger partial charge in [0, 0.05) is 0 Å². The standard InChI is InChI=1S/C28H42F2O2/c1-3-5-19-6-9-21(10-7-19)23-13-12-22-16-20(8-11-24(22)17-23)18-32-26-15-14-25(31-4-2)27(29)28(26)30/h14-15,19-24H,3-13,16-18H2,1-2H3. The van der Waals surface area contributed by atoms with E-state index >= 15 is 0 Å². The fraction of sp³-hybridized carbons (Fsp3) is 0.786. The van der Waals surface area contributed by atoms with Gasteiger partial charge in [0.15, 0.2) is 11.5 Å². The second kappa shape index (κ2) is 11.2. The van der Waals surface area contributed by atoms with Crippen molar-refractivity contribution >= 4 is 0 Å². The van der Waals surface area contributed by atoms with Crippen molar-refractivity contribution in [2.75, 3.05) is 13.2 Å². The van der Waals surface area contributed by atoms with Gasteiger partial charge in [0.25, 0.3) is 0 Å². The highest BCUT2D eigenvalue weighted by atomic mass is 19.2. The van der Waals surface area contributed by atoms with Gasteiger partial charge in [0.1, 0.15) is 0 Å². The summed E-state index contributed by atoms with van der Waals surface area (Å²) in [6.45, 7) is 4.87. The molecule has 1 aromatic carbocycles. The Morgan fingerprint density at radius 1 is 0.688 bits per heavy atom. The third kappa shape index (κ3) is 5.59. The summed E-state index contributed by atoms with van der Waals surface area (Å²) in [5.41, 5.74) is 0. The minimum absolute atomic E-state index is 0.00969. The zero-order valence-electron chi connectivity index (χ0n) is 20.1.